The van der Waals surface area contributed by atoms with Gasteiger partial charge in [-0.3, -0.25) is 4.79 Å². The van der Waals surface area contributed by atoms with E-state index >= 15 is 0 Å². The van der Waals surface area contributed by atoms with Gasteiger partial charge >= 0.3 is 0 Å². The molecule has 0 bridgehead atoms. The molecule has 1 aromatic carbocycles. The molecule has 1 N–H and O–H groups in total. The van der Waals surface area contributed by atoms with E-state index in [1.807, 2.05) is 19.9 Å². The monoisotopic (exact) mass is 420 g/mol. The first-order chi connectivity index (χ1) is 13.3. The topological polar surface area (TPSA) is 75.7 Å². The second kappa shape index (κ2) is 7.59. The third-order valence-corrected chi connectivity index (χ3v) is 8.19. The van der Waals surface area contributed by atoms with Gasteiger partial charge in [-0.15, -0.1) is 11.3 Å². The Morgan fingerprint density at radius 2 is 1.82 bits per heavy atom. The quantitative estimate of drug-likeness (QED) is 0.824. The van der Waals surface area contributed by atoms with Crippen molar-refractivity contribution in [3.63, 3.8) is 0 Å². The summed E-state index contributed by atoms with van der Waals surface area (Å²) in [6, 6.07) is 8.34. The Balaban J connectivity index is 1.46. The Morgan fingerprint density at radius 3 is 2.46 bits per heavy atom. The molecule has 0 unspecified atom stereocenters. The van der Waals surface area contributed by atoms with Crippen molar-refractivity contribution in [2.75, 3.05) is 18.4 Å². The summed E-state index contributed by atoms with van der Waals surface area (Å²) in [7, 11) is -3.58. The minimum atomic E-state index is -3.58. The van der Waals surface area contributed by atoms with Crippen LogP contribution in [0.2, 0.25) is 0 Å². The number of hydrogen-bond acceptors (Lipinski definition) is 5. The fraction of sp³-hybridized carbons (Fsp3) is 0.450. The normalized spacial score (nSPS) is 22.8. The van der Waals surface area contributed by atoms with Crippen LogP contribution in [-0.2, 0) is 27.6 Å². The molecule has 0 spiro atoms. The van der Waals surface area contributed by atoms with E-state index in [0.717, 1.165) is 12.8 Å². The number of aryl methyl sites for hydroxylation is 2. The van der Waals surface area contributed by atoms with Crippen LogP contribution in [0.25, 0.3) is 0 Å². The first kappa shape index (κ1) is 19.6. The van der Waals surface area contributed by atoms with E-state index in [0.29, 0.717) is 23.7 Å². The lowest BCUT2D eigenvalue weighted by atomic mass is 10.2. The number of morpholine rings is 1. The fourth-order valence-corrected chi connectivity index (χ4v) is 6.56. The van der Waals surface area contributed by atoms with E-state index in [9.17, 15) is 13.2 Å². The SMILES string of the molecule is C[C@H]1CN(S(=O)(=O)c2ccc(NC(=O)c3cc4c(s3)CCC4)cc2)C[C@H](C)O1. The summed E-state index contributed by atoms with van der Waals surface area (Å²) in [5.74, 6) is -0.147. The second-order valence-corrected chi connectivity index (χ2v) is 10.5. The lowest BCUT2D eigenvalue weighted by Crippen LogP contribution is -2.48. The molecule has 1 fully saturated rings. The molecule has 1 saturated heterocycles. The summed E-state index contributed by atoms with van der Waals surface area (Å²) in [5.41, 5.74) is 1.87. The summed E-state index contributed by atoms with van der Waals surface area (Å²) in [5, 5.41) is 2.86. The molecule has 1 amide bonds. The van der Waals surface area contributed by atoms with Crippen molar-refractivity contribution in [1.29, 1.82) is 0 Å². The average Bonchev–Trinajstić information content (AvgIpc) is 3.23. The summed E-state index contributed by atoms with van der Waals surface area (Å²) in [6.07, 6.45) is 3.00. The van der Waals surface area contributed by atoms with Gasteiger partial charge < -0.3 is 10.1 Å². The smallest absolute Gasteiger partial charge is 0.265 e. The highest BCUT2D eigenvalue weighted by Gasteiger charge is 2.32. The number of anilines is 1. The van der Waals surface area contributed by atoms with Crippen molar-refractivity contribution in [2.45, 2.75) is 50.2 Å². The number of fused-ring (bicyclic) bond motifs is 1. The van der Waals surface area contributed by atoms with Crippen LogP contribution < -0.4 is 5.32 Å². The van der Waals surface area contributed by atoms with E-state index in [-0.39, 0.29) is 23.0 Å². The molecule has 0 radical (unpaired) electrons. The fourth-order valence-electron chi connectivity index (χ4n) is 3.82. The summed E-state index contributed by atoms with van der Waals surface area (Å²) < 4.78 is 32.9. The van der Waals surface area contributed by atoms with Crippen LogP contribution in [0.15, 0.2) is 35.2 Å². The highest BCUT2D eigenvalue weighted by molar-refractivity contribution is 7.89. The molecule has 2 heterocycles. The van der Waals surface area contributed by atoms with Crippen molar-refractivity contribution in [2.24, 2.45) is 0 Å². The molecule has 8 heteroatoms. The number of hydrogen-bond donors (Lipinski definition) is 1. The number of benzene rings is 1. The van der Waals surface area contributed by atoms with Gasteiger partial charge in [0.15, 0.2) is 0 Å². The maximum atomic E-state index is 12.9. The number of nitrogens with one attached hydrogen (secondary N) is 1. The Hall–Kier alpha value is -1.74. The number of carbonyl (C=O) groups is 1. The molecular formula is C20H24N2O4S2. The number of amides is 1. The van der Waals surface area contributed by atoms with Crippen molar-refractivity contribution in [3.05, 3.63) is 45.6 Å². The number of rotatable bonds is 4. The maximum Gasteiger partial charge on any atom is 0.265 e. The van der Waals surface area contributed by atoms with Crippen LogP contribution in [0.3, 0.4) is 0 Å². The molecule has 2 aromatic rings. The van der Waals surface area contributed by atoms with Crippen LogP contribution >= 0.6 is 11.3 Å². The summed E-state index contributed by atoms with van der Waals surface area (Å²) >= 11 is 1.55. The highest BCUT2D eigenvalue weighted by Crippen LogP contribution is 2.31. The number of thiophene rings is 1. The van der Waals surface area contributed by atoms with E-state index in [1.54, 1.807) is 35.6 Å². The van der Waals surface area contributed by atoms with Gasteiger partial charge in [0.2, 0.25) is 10.0 Å². The van der Waals surface area contributed by atoms with Crippen molar-refractivity contribution in [1.82, 2.24) is 4.31 Å². The lowest BCUT2D eigenvalue weighted by Gasteiger charge is -2.34. The van der Waals surface area contributed by atoms with Crippen molar-refractivity contribution < 1.29 is 17.9 Å². The molecule has 1 aliphatic heterocycles. The van der Waals surface area contributed by atoms with Gasteiger partial charge in [-0.2, -0.15) is 4.31 Å². The third kappa shape index (κ3) is 3.87. The first-order valence-electron chi connectivity index (χ1n) is 9.51. The average molecular weight is 421 g/mol. The van der Waals surface area contributed by atoms with Crippen LogP contribution in [0.4, 0.5) is 5.69 Å². The number of ether oxygens (including phenoxy) is 1. The van der Waals surface area contributed by atoms with Gasteiger partial charge in [0.25, 0.3) is 5.91 Å². The number of carbonyl (C=O) groups excluding carboxylic acids is 1. The van der Waals surface area contributed by atoms with E-state index in [2.05, 4.69) is 5.32 Å². The van der Waals surface area contributed by atoms with Crippen molar-refractivity contribution >= 4 is 33.0 Å². The Bertz CT molecular complexity index is 951. The lowest BCUT2D eigenvalue weighted by molar-refractivity contribution is -0.0440. The molecule has 2 aliphatic rings. The largest absolute Gasteiger partial charge is 0.373 e. The van der Waals surface area contributed by atoms with E-state index < -0.39 is 10.0 Å². The van der Waals surface area contributed by atoms with Gasteiger partial charge in [-0.25, -0.2) is 8.42 Å². The van der Waals surface area contributed by atoms with Crippen LogP contribution in [0.5, 0.6) is 0 Å². The molecule has 28 heavy (non-hydrogen) atoms. The summed E-state index contributed by atoms with van der Waals surface area (Å²) in [4.78, 5) is 14.7. The number of nitrogens with zero attached hydrogens (tertiary/aromatic N) is 1. The molecule has 1 aliphatic carbocycles. The van der Waals surface area contributed by atoms with Crippen LogP contribution in [0, 0.1) is 0 Å². The summed E-state index contributed by atoms with van der Waals surface area (Å²) in [6.45, 7) is 4.43. The van der Waals surface area contributed by atoms with Gasteiger partial charge in [-0.05, 0) is 69.0 Å². The van der Waals surface area contributed by atoms with Gasteiger partial charge in [-0.1, -0.05) is 0 Å². The first-order valence-corrected chi connectivity index (χ1v) is 11.8. The van der Waals surface area contributed by atoms with E-state index in [4.69, 9.17) is 4.74 Å². The van der Waals surface area contributed by atoms with Crippen LogP contribution in [0.1, 0.15) is 40.4 Å². The molecule has 4 rings (SSSR count). The molecule has 2 atom stereocenters. The zero-order valence-corrected chi connectivity index (χ0v) is 17.6. The highest BCUT2D eigenvalue weighted by atomic mass is 32.2. The van der Waals surface area contributed by atoms with Gasteiger partial charge in [0.05, 0.1) is 22.0 Å². The minimum absolute atomic E-state index is 0.135. The minimum Gasteiger partial charge on any atom is -0.373 e. The molecule has 6 nitrogen and oxygen atoms in total. The standard InChI is InChI=1S/C20H24N2O4S2/c1-13-11-22(12-14(2)26-13)28(24,25)17-8-6-16(7-9-17)21-20(23)19-10-15-4-3-5-18(15)27-19/h6-10,13-14H,3-5,11-12H2,1-2H3,(H,21,23)/t13-,14-/m0/s1. The zero-order valence-electron chi connectivity index (χ0n) is 16.0. The Kier molecular flexibility index (Phi) is 5.30. The van der Waals surface area contributed by atoms with Gasteiger partial charge in [0.1, 0.15) is 0 Å². The molecule has 0 saturated carbocycles. The maximum absolute atomic E-state index is 12.9. The van der Waals surface area contributed by atoms with Crippen LogP contribution in [-0.4, -0.2) is 43.9 Å². The van der Waals surface area contributed by atoms with Gasteiger partial charge in [0, 0.05) is 23.7 Å². The number of sulfonamides is 1. The molecule has 150 valence electrons. The molecule has 1 aromatic heterocycles. The Morgan fingerprint density at radius 1 is 1.14 bits per heavy atom. The molecular weight excluding hydrogens is 396 g/mol. The predicted octanol–water partition coefficient (Wildman–Crippen LogP) is 3.29. The predicted molar refractivity (Wildman–Crippen MR) is 110 cm³/mol. The Labute approximate surface area is 169 Å². The second-order valence-electron chi connectivity index (χ2n) is 7.47. The van der Waals surface area contributed by atoms with Crippen molar-refractivity contribution in [3.8, 4) is 0 Å². The van der Waals surface area contributed by atoms with E-state index in [1.165, 1.54) is 21.2 Å². The zero-order chi connectivity index (χ0) is 19.9. The third-order valence-electron chi connectivity index (χ3n) is 5.11.